The molecule has 0 atom stereocenters. The molecule has 0 fully saturated rings. The largest absolute Gasteiger partial charge is 2.00 e. The molecular weight excluding hydrogens is 742 g/mol. The Hall–Kier alpha value is 0.0787. The van der Waals surface area contributed by atoms with E-state index in [-0.39, 0.29) is 145 Å². The van der Waals surface area contributed by atoms with Crippen molar-refractivity contribution in [2.45, 2.75) is 41.5 Å². The summed E-state index contributed by atoms with van der Waals surface area (Å²) in [6.45, 7) is 10.8. The molecule has 0 spiro atoms. The monoisotopic (exact) mass is 774 g/mol. The van der Waals surface area contributed by atoms with Crippen LogP contribution in [0.3, 0.4) is 0 Å². The fraction of sp³-hybridized carbons (Fsp3) is 0.250. The summed E-state index contributed by atoms with van der Waals surface area (Å²) in [5.41, 5.74) is 0. The Morgan fingerprint density at radius 2 is 0.356 bits per heavy atom. The van der Waals surface area contributed by atoms with E-state index in [9.17, 15) is 0 Å². The van der Waals surface area contributed by atoms with Crippen molar-refractivity contribution >= 4 is 139 Å². The molecule has 0 N–H and O–H groups in total. The number of hydrogen-bond donors (Lipinski definition) is 0. The third-order valence-electron chi connectivity index (χ3n) is 3.05. The molecule has 45 heavy (non-hydrogen) atoms. The Morgan fingerprint density at radius 1 is 0.244 bits per heavy atom. The molecule has 4 heterocycles. The van der Waals surface area contributed by atoms with Crippen molar-refractivity contribution in [3.05, 3.63) is 111 Å². The summed E-state index contributed by atoms with van der Waals surface area (Å²) in [5, 5.41) is 0.528. The topological polar surface area (TPSA) is 155 Å². The molecule has 0 unspecified atom stereocenters. The standard InChI is InChI=1S/C6H9N3.C5H6ClN3.C4H3Cl2N3.C3Cl3N3.6CH3.3Mg/c1-4-7-5(2)9-6(3)8-4;1-3-7-4(2)9-5(6)8-3;1-2-7-3(5)9-4(6)8-2;4-1-7-2(5)9-3(6)8-1;;;;;;;;;/h1-3H3;1-2H3;1H3;;6*1H3;;;/q;;;;6*-1;3*+2. The van der Waals surface area contributed by atoms with Crippen LogP contribution in [0.2, 0.25) is 31.7 Å². The van der Waals surface area contributed by atoms with Gasteiger partial charge in [-0.25, -0.2) is 39.9 Å². The Bertz CT molecular complexity index is 915. The molecule has 0 aliphatic heterocycles. The van der Waals surface area contributed by atoms with Crippen LogP contribution >= 0.6 is 69.6 Å². The average molecular weight is 778 g/mol. The van der Waals surface area contributed by atoms with Crippen LogP contribution in [0.15, 0.2) is 0 Å². The van der Waals surface area contributed by atoms with Crippen molar-refractivity contribution in [3.63, 3.8) is 0 Å². The minimum atomic E-state index is 0. The Balaban J connectivity index is -0.0000000514. The number of hydrogen-bond acceptors (Lipinski definition) is 12. The van der Waals surface area contributed by atoms with Gasteiger partial charge in [0.1, 0.15) is 34.9 Å². The predicted octanol–water partition coefficient (Wildman–Crippen LogP) is 6.82. The SMILES string of the molecule is Cc1nc(C)nc(C)n1.Cc1nc(C)nc(Cl)n1.Cc1nc(Cl)nc(Cl)n1.Clc1nc(Cl)nc(Cl)n1.[CH3-].[CH3-].[CH3-].[CH3-].[CH3-].[CH3-].[Mg+2].[Mg+2].[Mg+2]. The van der Waals surface area contributed by atoms with E-state index in [4.69, 9.17) is 69.6 Å². The Labute approximate surface area is 347 Å². The average Bonchev–Trinajstić information content (AvgIpc) is 2.64. The first-order chi connectivity index (χ1) is 16.7. The zero-order valence-corrected chi connectivity index (χ0v) is 36.5. The molecule has 12 nitrogen and oxygen atoms in total. The minimum absolute atomic E-state index is 0. The van der Waals surface area contributed by atoms with Gasteiger partial charge < -0.3 is 44.6 Å². The maximum absolute atomic E-state index is 5.49. The van der Waals surface area contributed by atoms with Crippen LogP contribution in [0.1, 0.15) is 34.9 Å². The molecule has 0 amide bonds. The van der Waals surface area contributed by atoms with E-state index in [1.807, 2.05) is 20.8 Å². The molecule has 0 bridgehead atoms. The summed E-state index contributed by atoms with van der Waals surface area (Å²) >= 11 is 32.3. The van der Waals surface area contributed by atoms with Gasteiger partial charge in [0.25, 0.3) is 0 Å². The number of rotatable bonds is 0. The molecule has 4 aromatic heterocycles. The van der Waals surface area contributed by atoms with E-state index in [0.29, 0.717) is 17.5 Å². The van der Waals surface area contributed by atoms with Crippen molar-refractivity contribution in [2.75, 3.05) is 0 Å². The van der Waals surface area contributed by atoms with Crippen LogP contribution in [0.25, 0.3) is 0 Å². The summed E-state index contributed by atoms with van der Waals surface area (Å²) in [6.07, 6.45) is 0. The van der Waals surface area contributed by atoms with Gasteiger partial charge in [0.15, 0.2) is 0 Å². The van der Waals surface area contributed by atoms with Crippen LogP contribution < -0.4 is 0 Å². The van der Waals surface area contributed by atoms with Gasteiger partial charge in [0.05, 0.1) is 0 Å². The number of halogens is 6. The quantitative estimate of drug-likeness (QED) is 0.136. The van der Waals surface area contributed by atoms with Crippen LogP contribution in [0.5, 0.6) is 0 Å². The van der Waals surface area contributed by atoms with Gasteiger partial charge in [-0.1, -0.05) is 0 Å². The van der Waals surface area contributed by atoms with E-state index in [1.165, 1.54) is 0 Å². The molecule has 0 saturated carbocycles. The normalized spacial score (nSPS) is 7.73. The Kier molecular flexibility index (Phi) is 52.9. The van der Waals surface area contributed by atoms with Gasteiger partial charge in [-0.15, -0.1) is 0 Å². The molecular formula is C24H36Cl6Mg3N12. The third kappa shape index (κ3) is 33.8. The van der Waals surface area contributed by atoms with Gasteiger partial charge in [-0.05, 0) is 111 Å². The van der Waals surface area contributed by atoms with Crippen LogP contribution in [0, 0.1) is 86.1 Å². The van der Waals surface area contributed by atoms with Gasteiger partial charge in [-0.2, -0.15) is 19.9 Å². The molecule has 4 rings (SSSR count). The number of aryl methyl sites for hydroxylation is 6. The second-order valence-electron chi connectivity index (χ2n) is 6.24. The fourth-order valence-corrected chi connectivity index (χ4v) is 3.38. The first kappa shape index (κ1) is 67.3. The van der Waals surface area contributed by atoms with E-state index in [2.05, 4.69) is 59.8 Å². The zero-order valence-electron chi connectivity index (χ0n) is 27.8. The summed E-state index contributed by atoms with van der Waals surface area (Å²) in [4.78, 5) is 44.8. The van der Waals surface area contributed by atoms with Crippen LogP contribution in [-0.4, -0.2) is 129 Å². The number of aromatic nitrogens is 12. The number of nitrogens with zero attached hydrogens (tertiary/aromatic N) is 12. The molecule has 21 heteroatoms. The van der Waals surface area contributed by atoms with Gasteiger partial charge in [0.2, 0.25) is 31.7 Å². The zero-order chi connectivity index (χ0) is 27.4. The first-order valence-electron chi connectivity index (χ1n) is 9.50. The smallest absolute Gasteiger partial charge is 0.358 e. The fourth-order valence-electron chi connectivity index (χ4n) is 2.08. The third-order valence-corrected chi connectivity index (χ3v) is 4.06. The van der Waals surface area contributed by atoms with Crippen molar-refractivity contribution in [1.29, 1.82) is 0 Å². The van der Waals surface area contributed by atoms with Gasteiger partial charge in [-0.3, -0.25) is 0 Å². The van der Waals surface area contributed by atoms with E-state index >= 15 is 0 Å². The summed E-state index contributed by atoms with van der Waals surface area (Å²) in [6, 6.07) is 0. The van der Waals surface area contributed by atoms with Gasteiger partial charge >= 0.3 is 69.2 Å². The van der Waals surface area contributed by atoms with Crippen molar-refractivity contribution < 1.29 is 0 Å². The van der Waals surface area contributed by atoms with E-state index in [0.717, 1.165) is 17.5 Å². The van der Waals surface area contributed by atoms with Crippen LogP contribution in [0.4, 0.5) is 0 Å². The summed E-state index contributed by atoms with van der Waals surface area (Å²) < 4.78 is 0. The molecule has 0 aromatic carbocycles. The summed E-state index contributed by atoms with van der Waals surface area (Å²) in [5.74, 6) is 4.22. The molecule has 240 valence electrons. The minimum Gasteiger partial charge on any atom is -0.358 e. The predicted molar refractivity (Wildman–Crippen MR) is 194 cm³/mol. The maximum atomic E-state index is 5.49. The second kappa shape index (κ2) is 35.4. The van der Waals surface area contributed by atoms with Crippen LogP contribution in [-0.2, 0) is 0 Å². The van der Waals surface area contributed by atoms with E-state index in [1.54, 1.807) is 20.8 Å². The van der Waals surface area contributed by atoms with Crippen molar-refractivity contribution in [2.24, 2.45) is 0 Å². The van der Waals surface area contributed by atoms with E-state index < -0.39 is 0 Å². The molecule has 0 aliphatic rings. The van der Waals surface area contributed by atoms with Gasteiger partial charge in [0, 0.05) is 0 Å². The molecule has 4 aromatic rings. The first-order valence-corrected chi connectivity index (χ1v) is 11.8. The molecule has 0 saturated heterocycles. The maximum Gasteiger partial charge on any atom is 2.00 e. The van der Waals surface area contributed by atoms with Crippen molar-refractivity contribution in [1.82, 2.24) is 59.8 Å². The molecule has 0 aliphatic carbocycles. The molecule has 0 radical (unpaired) electrons. The van der Waals surface area contributed by atoms with Crippen molar-refractivity contribution in [3.8, 4) is 0 Å². The Morgan fingerprint density at radius 3 is 0.511 bits per heavy atom. The summed E-state index contributed by atoms with van der Waals surface area (Å²) in [7, 11) is 0. The second-order valence-corrected chi connectivity index (χ2v) is 8.27.